The maximum Gasteiger partial charge on any atom is 0.267 e. The highest BCUT2D eigenvalue weighted by molar-refractivity contribution is 5.93. The molecule has 0 bridgehead atoms. The Morgan fingerprint density at radius 3 is 2.58 bits per heavy atom. The van der Waals surface area contributed by atoms with E-state index in [-0.39, 0.29) is 0 Å². The largest absolute Gasteiger partial charge is 0.382 e. The number of rotatable bonds is 2. The molecule has 0 unspecified atom stereocenters. The second-order valence-corrected chi connectivity index (χ2v) is 2.55. The third-order valence-corrected chi connectivity index (χ3v) is 1.76. The van der Waals surface area contributed by atoms with E-state index in [1.807, 2.05) is 6.92 Å². The van der Waals surface area contributed by atoms with Gasteiger partial charge >= 0.3 is 0 Å². The molecular formula is C7H12N4O. The number of hydrogen-bond acceptors (Lipinski definition) is 3. The maximum absolute atomic E-state index is 10.9. The smallest absolute Gasteiger partial charge is 0.267 e. The van der Waals surface area contributed by atoms with Crippen LogP contribution in [0.1, 0.15) is 23.0 Å². The highest BCUT2D eigenvalue weighted by atomic mass is 16.1. The van der Waals surface area contributed by atoms with Crippen molar-refractivity contribution in [2.45, 2.75) is 13.3 Å². The summed E-state index contributed by atoms with van der Waals surface area (Å²) in [7, 11) is 1.65. The number of nitrogen functional groups attached to an aromatic ring is 1. The van der Waals surface area contributed by atoms with Gasteiger partial charge < -0.3 is 11.5 Å². The van der Waals surface area contributed by atoms with Crippen molar-refractivity contribution in [3.63, 3.8) is 0 Å². The van der Waals surface area contributed by atoms with E-state index < -0.39 is 5.91 Å². The molecule has 5 heteroatoms. The lowest BCUT2D eigenvalue weighted by Gasteiger charge is -1.97. The van der Waals surface area contributed by atoms with Crippen molar-refractivity contribution in [1.29, 1.82) is 0 Å². The first-order valence-electron chi connectivity index (χ1n) is 3.69. The van der Waals surface area contributed by atoms with Crippen LogP contribution >= 0.6 is 0 Å². The van der Waals surface area contributed by atoms with E-state index in [1.165, 1.54) is 4.68 Å². The summed E-state index contributed by atoms with van der Waals surface area (Å²) in [5.74, 6) is -0.104. The Morgan fingerprint density at radius 1 is 1.67 bits per heavy atom. The van der Waals surface area contributed by atoms with E-state index in [0.717, 1.165) is 5.56 Å². The zero-order valence-corrected chi connectivity index (χ0v) is 7.16. The van der Waals surface area contributed by atoms with Crippen molar-refractivity contribution in [2.24, 2.45) is 12.8 Å². The number of nitrogens with two attached hydrogens (primary N) is 2. The van der Waals surface area contributed by atoms with Crippen LogP contribution in [0, 0.1) is 0 Å². The van der Waals surface area contributed by atoms with Crippen molar-refractivity contribution < 1.29 is 4.79 Å². The van der Waals surface area contributed by atoms with Crippen LogP contribution in [-0.4, -0.2) is 15.7 Å². The van der Waals surface area contributed by atoms with Gasteiger partial charge in [-0.2, -0.15) is 5.10 Å². The van der Waals surface area contributed by atoms with Crippen molar-refractivity contribution in [3.8, 4) is 0 Å². The number of aromatic nitrogens is 2. The molecule has 0 atom stereocenters. The van der Waals surface area contributed by atoms with E-state index >= 15 is 0 Å². The first-order chi connectivity index (χ1) is 5.57. The molecule has 0 aliphatic rings. The summed E-state index contributed by atoms with van der Waals surface area (Å²) in [5, 5.41) is 3.90. The maximum atomic E-state index is 10.9. The highest BCUT2D eigenvalue weighted by Gasteiger charge is 2.16. The van der Waals surface area contributed by atoms with Gasteiger partial charge in [-0.15, -0.1) is 0 Å². The summed E-state index contributed by atoms with van der Waals surface area (Å²) >= 11 is 0. The van der Waals surface area contributed by atoms with E-state index in [2.05, 4.69) is 5.10 Å². The van der Waals surface area contributed by atoms with Crippen LogP contribution in [0.4, 0.5) is 5.82 Å². The van der Waals surface area contributed by atoms with Crippen LogP contribution in [0.3, 0.4) is 0 Å². The van der Waals surface area contributed by atoms with Crippen molar-refractivity contribution >= 4 is 11.7 Å². The molecule has 0 saturated carbocycles. The van der Waals surface area contributed by atoms with Gasteiger partial charge in [0.1, 0.15) is 11.5 Å². The lowest BCUT2D eigenvalue weighted by molar-refractivity contribution is 0.0990. The lowest BCUT2D eigenvalue weighted by Crippen LogP contribution is -2.17. The Labute approximate surface area is 70.3 Å². The van der Waals surface area contributed by atoms with E-state index in [0.29, 0.717) is 17.9 Å². The average molecular weight is 168 g/mol. The summed E-state index contributed by atoms with van der Waals surface area (Å²) in [6.45, 7) is 1.90. The van der Waals surface area contributed by atoms with Crippen LogP contribution in [0.5, 0.6) is 0 Å². The van der Waals surface area contributed by atoms with Gasteiger partial charge in [0.05, 0.1) is 0 Å². The fourth-order valence-electron chi connectivity index (χ4n) is 1.25. The zero-order valence-electron chi connectivity index (χ0n) is 7.16. The molecule has 1 heterocycles. The van der Waals surface area contributed by atoms with Crippen LogP contribution < -0.4 is 11.5 Å². The number of anilines is 1. The molecule has 0 saturated heterocycles. The van der Waals surface area contributed by atoms with Gasteiger partial charge in [-0.05, 0) is 6.42 Å². The molecule has 1 rings (SSSR count). The molecule has 12 heavy (non-hydrogen) atoms. The Morgan fingerprint density at radius 2 is 2.25 bits per heavy atom. The molecule has 1 aromatic heterocycles. The van der Waals surface area contributed by atoms with Crippen molar-refractivity contribution in [3.05, 3.63) is 11.3 Å². The fourth-order valence-corrected chi connectivity index (χ4v) is 1.25. The van der Waals surface area contributed by atoms with Gasteiger partial charge in [-0.25, -0.2) is 0 Å². The van der Waals surface area contributed by atoms with Gasteiger partial charge in [0.2, 0.25) is 0 Å². The zero-order chi connectivity index (χ0) is 9.30. The van der Waals surface area contributed by atoms with Crippen LogP contribution in [0.25, 0.3) is 0 Å². The van der Waals surface area contributed by atoms with Crippen molar-refractivity contribution in [2.75, 3.05) is 5.73 Å². The minimum absolute atomic E-state index is 0.383. The molecule has 0 radical (unpaired) electrons. The predicted molar refractivity (Wildman–Crippen MR) is 45.5 cm³/mol. The van der Waals surface area contributed by atoms with Gasteiger partial charge in [0.15, 0.2) is 0 Å². The van der Waals surface area contributed by atoms with Gasteiger partial charge in [-0.1, -0.05) is 6.92 Å². The first kappa shape index (κ1) is 8.58. The molecule has 0 aliphatic heterocycles. The number of amides is 1. The number of carbonyl (C=O) groups is 1. The minimum Gasteiger partial charge on any atom is -0.382 e. The molecule has 0 fully saturated rings. The number of carbonyl (C=O) groups excluding carboxylic acids is 1. The molecule has 1 aromatic rings. The molecule has 5 nitrogen and oxygen atoms in total. The van der Waals surface area contributed by atoms with Gasteiger partial charge in [-0.3, -0.25) is 9.48 Å². The standard InChI is InChI=1S/C7H12N4O/c1-3-4-5(7(9)12)11(2)10-6(4)8/h3H2,1-2H3,(H2,8,10)(H2,9,12). The molecule has 0 aliphatic carbocycles. The monoisotopic (exact) mass is 168 g/mol. The Hall–Kier alpha value is -1.52. The van der Waals surface area contributed by atoms with Crippen LogP contribution in [0.15, 0.2) is 0 Å². The van der Waals surface area contributed by atoms with E-state index in [4.69, 9.17) is 11.5 Å². The molecule has 66 valence electrons. The summed E-state index contributed by atoms with van der Waals surface area (Å²) in [6.07, 6.45) is 0.665. The summed E-state index contributed by atoms with van der Waals surface area (Å²) in [4.78, 5) is 10.9. The Balaban J connectivity index is 3.32. The Kier molecular flexibility index (Phi) is 2.03. The van der Waals surface area contributed by atoms with E-state index in [1.54, 1.807) is 7.05 Å². The normalized spacial score (nSPS) is 10.2. The molecule has 0 spiro atoms. The molecule has 1 amide bonds. The van der Waals surface area contributed by atoms with Crippen molar-refractivity contribution in [1.82, 2.24) is 9.78 Å². The summed E-state index contributed by atoms with van der Waals surface area (Å²) in [6, 6.07) is 0. The lowest BCUT2D eigenvalue weighted by atomic mass is 10.2. The van der Waals surface area contributed by atoms with Crippen LogP contribution in [-0.2, 0) is 13.5 Å². The summed E-state index contributed by atoms with van der Waals surface area (Å²) in [5.41, 5.74) is 11.8. The van der Waals surface area contributed by atoms with Gasteiger partial charge in [0, 0.05) is 12.6 Å². The van der Waals surface area contributed by atoms with Gasteiger partial charge in [0.25, 0.3) is 5.91 Å². The van der Waals surface area contributed by atoms with E-state index in [9.17, 15) is 4.79 Å². The number of primary amides is 1. The molecule has 0 aromatic carbocycles. The second kappa shape index (κ2) is 2.84. The number of aryl methyl sites for hydroxylation is 1. The molecular weight excluding hydrogens is 156 g/mol. The summed E-state index contributed by atoms with van der Waals surface area (Å²) < 4.78 is 1.41. The SMILES string of the molecule is CCc1c(N)nn(C)c1C(N)=O. The number of hydrogen-bond donors (Lipinski definition) is 2. The average Bonchev–Trinajstić information content (AvgIpc) is 2.24. The first-order valence-corrected chi connectivity index (χ1v) is 3.69. The third kappa shape index (κ3) is 1.13. The highest BCUT2D eigenvalue weighted by Crippen LogP contribution is 2.15. The molecule has 4 N–H and O–H groups in total. The quantitative estimate of drug-likeness (QED) is 0.633. The minimum atomic E-state index is -0.487. The predicted octanol–water partition coefficient (Wildman–Crippen LogP) is -0.336. The van der Waals surface area contributed by atoms with Crippen LogP contribution in [0.2, 0.25) is 0 Å². The third-order valence-electron chi connectivity index (χ3n) is 1.76. The Bertz CT molecular complexity index is 315. The second-order valence-electron chi connectivity index (χ2n) is 2.55. The fraction of sp³-hybridized carbons (Fsp3) is 0.429. The topological polar surface area (TPSA) is 86.9 Å². The number of nitrogens with zero attached hydrogens (tertiary/aromatic N) is 2.